The summed E-state index contributed by atoms with van der Waals surface area (Å²) in [4.78, 5) is 11.6. The Morgan fingerprint density at radius 1 is 1.11 bits per heavy atom. The molecule has 0 aliphatic heterocycles. The number of nitrogens with one attached hydrogen (secondary N) is 1. The zero-order valence-electron chi connectivity index (χ0n) is 11.9. The minimum Gasteiger partial charge on any atom is -0.465 e. The molecule has 1 aromatic rings. The van der Waals surface area contributed by atoms with E-state index in [-0.39, 0.29) is 5.97 Å². The third kappa shape index (κ3) is 8.38. The maximum atomic E-state index is 11.6. The van der Waals surface area contributed by atoms with Gasteiger partial charge < -0.3 is 10.1 Å². The summed E-state index contributed by atoms with van der Waals surface area (Å²) in [5, 5.41) is 3.36. The topological polar surface area (TPSA) is 38.3 Å². The quantitative estimate of drug-likeness (QED) is 0.521. The van der Waals surface area contributed by atoms with E-state index in [0.29, 0.717) is 13.0 Å². The molecule has 106 valence electrons. The van der Waals surface area contributed by atoms with Crippen LogP contribution in [0, 0.1) is 0 Å². The second kappa shape index (κ2) is 10.6. The van der Waals surface area contributed by atoms with E-state index in [9.17, 15) is 4.79 Å². The van der Waals surface area contributed by atoms with Gasteiger partial charge in [0.1, 0.15) is 0 Å². The van der Waals surface area contributed by atoms with Crippen LogP contribution in [-0.4, -0.2) is 25.7 Å². The zero-order valence-corrected chi connectivity index (χ0v) is 11.9. The maximum Gasteiger partial charge on any atom is 0.310 e. The van der Waals surface area contributed by atoms with E-state index >= 15 is 0 Å². The number of ether oxygens (including phenoxy) is 1. The molecule has 0 spiro atoms. The molecule has 0 bridgehead atoms. The maximum absolute atomic E-state index is 11.6. The SMILES string of the molecule is CCCNCCCCCOC(=O)Cc1ccccc1. The van der Waals surface area contributed by atoms with Gasteiger partial charge in [0.05, 0.1) is 13.0 Å². The molecular weight excluding hydrogens is 238 g/mol. The highest BCUT2D eigenvalue weighted by atomic mass is 16.5. The van der Waals surface area contributed by atoms with Crippen molar-refractivity contribution in [3.63, 3.8) is 0 Å². The minimum absolute atomic E-state index is 0.129. The molecule has 0 saturated heterocycles. The molecule has 0 heterocycles. The normalized spacial score (nSPS) is 10.4. The van der Waals surface area contributed by atoms with Crippen LogP contribution in [0.1, 0.15) is 38.2 Å². The van der Waals surface area contributed by atoms with Crippen LogP contribution in [-0.2, 0) is 16.0 Å². The Hall–Kier alpha value is -1.35. The Morgan fingerprint density at radius 3 is 2.63 bits per heavy atom. The Kier molecular flexibility index (Phi) is 8.73. The van der Waals surface area contributed by atoms with Gasteiger partial charge >= 0.3 is 5.97 Å². The monoisotopic (exact) mass is 263 g/mol. The fourth-order valence-corrected chi connectivity index (χ4v) is 1.83. The Labute approximate surface area is 116 Å². The highest BCUT2D eigenvalue weighted by molar-refractivity contribution is 5.72. The molecule has 3 nitrogen and oxygen atoms in total. The first kappa shape index (κ1) is 15.7. The summed E-state index contributed by atoms with van der Waals surface area (Å²) in [6.07, 6.45) is 4.76. The molecule has 0 radical (unpaired) electrons. The van der Waals surface area contributed by atoms with E-state index in [1.54, 1.807) is 0 Å². The van der Waals surface area contributed by atoms with E-state index in [0.717, 1.165) is 37.9 Å². The van der Waals surface area contributed by atoms with Crippen LogP contribution in [0.25, 0.3) is 0 Å². The number of hydrogen-bond acceptors (Lipinski definition) is 3. The minimum atomic E-state index is -0.129. The first-order valence-electron chi connectivity index (χ1n) is 7.23. The fourth-order valence-electron chi connectivity index (χ4n) is 1.83. The predicted octanol–water partition coefficient (Wildman–Crippen LogP) is 2.94. The van der Waals surface area contributed by atoms with Gasteiger partial charge in [0.2, 0.25) is 0 Å². The van der Waals surface area contributed by atoms with Crippen LogP contribution < -0.4 is 5.32 Å². The van der Waals surface area contributed by atoms with Gasteiger partial charge in [0.25, 0.3) is 0 Å². The molecule has 0 amide bonds. The van der Waals surface area contributed by atoms with E-state index in [2.05, 4.69) is 12.2 Å². The summed E-state index contributed by atoms with van der Waals surface area (Å²) in [7, 11) is 0. The van der Waals surface area contributed by atoms with E-state index in [4.69, 9.17) is 4.74 Å². The van der Waals surface area contributed by atoms with Gasteiger partial charge in [0, 0.05) is 0 Å². The lowest BCUT2D eigenvalue weighted by molar-refractivity contribution is -0.142. The summed E-state index contributed by atoms with van der Waals surface area (Å²) in [6, 6.07) is 9.71. The van der Waals surface area contributed by atoms with Crippen molar-refractivity contribution in [2.24, 2.45) is 0 Å². The van der Waals surface area contributed by atoms with Gasteiger partial charge in [-0.3, -0.25) is 4.79 Å². The second-order valence-electron chi connectivity index (χ2n) is 4.69. The molecule has 3 heteroatoms. The number of benzene rings is 1. The molecule has 19 heavy (non-hydrogen) atoms. The van der Waals surface area contributed by atoms with Gasteiger partial charge in [0.15, 0.2) is 0 Å². The molecule has 0 aromatic heterocycles. The van der Waals surface area contributed by atoms with E-state index in [1.807, 2.05) is 30.3 Å². The molecule has 0 saturated carbocycles. The highest BCUT2D eigenvalue weighted by Crippen LogP contribution is 2.02. The lowest BCUT2D eigenvalue weighted by Gasteiger charge is -2.05. The first-order chi connectivity index (χ1) is 9.33. The number of rotatable bonds is 10. The average molecular weight is 263 g/mol. The molecule has 0 aliphatic carbocycles. The van der Waals surface area contributed by atoms with Crippen molar-refractivity contribution in [1.29, 1.82) is 0 Å². The Bertz CT molecular complexity index is 338. The van der Waals surface area contributed by atoms with Crippen LogP contribution in [0.5, 0.6) is 0 Å². The average Bonchev–Trinajstić information content (AvgIpc) is 2.43. The van der Waals surface area contributed by atoms with Gasteiger partial charge in [-0.1, -0.05) is 37.3 Å². The summed E-state index contributed by atoms with van der Waals surface area (Å²) in [5.41, 5.74) is 1.01. The zero-order chi connectivity index (χ0) is 13.8. The van der Waals surface area contributed by atoms with Crippen molar-refractivity contribution >= 4 is 5.97 Å². The molecule has 1 N–H and O–H groups in total. The van der Waals surface area contributed by atoms with Gasteiger partial charge in [-0.05, 0) is 44.3 Å². The largest absolute Gasteiger partial charge is 0.465 e. The summed E-state index contributed by atoms with van der Waals surface area (Å²) in [6.45, 7) is 4.86. The molecule has 0 aliphatic rings. The van der Waals surface area contributed by atoms with Crippen molar-refractivity contribution in [2.75, 3.05) is 19.7 Å². The number of carbonyl (C=O) groups excluding carboxylic acids is 1. The standard InChI is InChI=1S/C16H25NO2/c1-2-11-17-12-7-4-8-13-19-16(18)14-15-9-5-3-6-10-15/h3,5-6,9-10,17H,2,4,7-8,11-14H2,1H3. The van der Waals surface area contributed by atoms with Crippen LogP contribution in [0.2, 0.25) is 0 Å². The number of carbonyl (C=O) groups is 1. The number of hydrogen-bond donors (Lipinski definition) is 1. The predicted molar refractivity (Wildman–Crippen MR) is 78.1 cm³/mol. The molecular formula is C16H25NO2. The van der Waals surface area contributed by atoms with Crippen molar-refractivity contribution in [2.45, 2.75) is 39.0 Å². The summed E-state index contributed by atoms with van der Waals surface area (Å²) < 4.78 is 5.21. The molecule has 1 aromatic carbocycles. The highest BCUT2D eigenvalue weighted by Gasteiger charge is 2.03. The third-order valence-electron chi connectivity index (χ3n) is 2.88. The van der Waals surface area contributed by atoms with Gasteiger partial charge in [-0.15, -0.1) is 0 Å². The molecule has 1 rings (SSSR count). The lowest BCUT2D eigenvalue weighted by atomic mass is 10.2. The molecule has 0 fully saturated rings. The van der Waals surface area contributed by atoms with Gasteiger partial charge in [-0.2, -0.15) is 0 Å². The fraction of sp³-hybridized carbons (Fsp3) is 0.562. The van der Waals surface area contributed by atoms with Crippen LogP contribution in [0.4, 0.5) is 0 Å². The third-order valence-corrected chi connectivity index (χ3v) is 2.88. The van der Waals surface area contributed by atoms with Crippen LogP contribution in [0.3, 0.4) is 0 Å². The number of esters is 1. The second-order valence-corrected chi connectivity index (χ2v) is 4.69. The number of unbranched alkanes of at least 4 members (excludes halogenated alkanes) is 2. The summed E-state index contributed by atoms with van der Waals surface area (Å²) >= 11 is 0. The Morgan fingerprint density at radius 2 is 1.89 bits per heavy atom. The van der Waals surface area contributed by atoms with Crippen LogP contribution in [0.15, 0.2) is 30.3 Å². The van der Waals surface area contributed by atoms with Crippen LogP contribution >= 0.6 is 0 Å². The van der Waals surface area contributed by atoms with Crippen molar-refractivity contribution in [1.82, 2.24) is 5.32 Å². The Balaban J connectivity index is 1.96. The van der Waals surface area contributed by atoms with Crippen molar-refractivity contribution in [3.8, 4) is 0 Å². The molecule has 0 unspecified atom stereocenters. The van der Waals surface area contributed by atoms with E-state index < -0.39 is 0 Å². The van der Waals surface area contributed by atoms with Crippen molar-refractivity contribution < 1.29 is 9.53 Å². The molecule has 0 atom stereocenters. The lowest BCUT2D eigenvalue weighted by Crippen LogP contribution is -2.16. The first-order valence-corrected chi connectivity index (χ1v) is 7.23. The van der Waals surface area contributed by atoms with E-state index in [1.165, 1.54) is 6.42 Å². The summed E-state index contributed by atoms with van der Waals surface area (Å²) in [5.74, 6) is -0.129. The van der Waals surface area contributed by atoms with Gasteiger partial charge in [-0.25, -0.2) is 0 Å². The van der Waals surface area contributed by atoms with Crippen molar-refractivity contribution in [3.05, 3.63) is 35.9 Å². The smallest absolute Gasteiger partial charge is 0.310 e.